The number of nitrogens with one attached hydrogen (secondary N) is 1. The Kier molecular flexibility index (Phi) is 8.06. The number of amides is 1. The van der Waals surface area contributed by atoms with Crippen molar-refractivity contribution in [1.29, 1.82) is 0 Å². The molecular formula is C27H30ClN3O5S. The number of methoxy groups -OCH3 is 1. The summed E-state index contributed by atoms with van der Waals surface area (Å²) in [6.07, 6.45) is 4.56. The Labute approximate surface area is 222 Å². The highest BCUT2D eigenvalue weighted by Crippen LogP contribution is 2.32. The summed E-state index contributed by atoms with van der Waals surface area (Å²) in [5.74, 6) is -0.203. The van der Waals surface area contributed by atoms with Crippen LogP contribution in [0.2, 0.25) is 5.02 Å². The molecule has 0 bridgehead atoms. The average molecular weight is 544 g/mol. The van der Waals surface area contributed by atoms with E-state index >= 15 is 0 Å². The standard InChI is InChI=1S/C27H30ClN3O5S/c1-17-7-8-18(2)20(14-17)9-11-25-26(19(3)30-36-25)37(33,34)31-13-5-6-21(16-31)27(32)29-23-15-22(28)10-12-24(23)35-4/h7-12,14-15,21H,5-6,13,16H2,1-4H3,(H,29,32). The van der Waals surface area contributed by atoms with Crippen LogP contribution < -0.4 is 10.1 Å². The molecule has 0 spiro atoms. The molecule has 2 aromatic carbocycles. The maximum absolute atomic E-state index is 13.7. The zero-order chi connectivity index (χ0) is 26.7. The molecule has 1 aliphatic rings. The number of aromatic nitrogens is 1. The van der Waals surface area contributed by atoms with E-state index in [0.717, 1.165) is 16.7 Å². The van der Waals surface area contributed by atoms with E-state index in [9.17, 15) is 13.2 Å². The number of carbonyl (C=O) groups excluding carboxylic acids is 1. The molecule has 1 amide bonds. The van der Waals surface area contributed by atoms with Crippen LogP contribution in [-0.2, 0) is 14.8 Å². The van der Waals surface area contributed by atoms with Crippen molar-refractivity contribution in [3.8, 4) is 5.75 Å². The van der Waals surface area contributed by atoms with Gasteiger partial charge in [0.2, 0.25) is 15.9 Å². The maximum Gasteiger partial charge on any atom is 0.248 e. The molecule has 4 rings (SSSR count). The van der Waals surface area contributed by atoms with Gasteiger partial charge in [-0.05, 0) is 69.0 Å². The van der Waals surface area contributed by atoms with Gasteiger partial charge in [0, 0.05) is 18.1 Å². The SMILES string of the molecule is COc1ccc(Cl)cc1NC(=O)C1CCCN(S(=O)(=O)c2c(C)noc2C=Cc2cc(C)ccc2C)C1. The average Bonchev–Trinajstić information content (AvgIpc) is 3.25. The number of benzene rings is 2. The Morgan fingerprint density at radius 3 is 2.73 bits per heavy atom. The molecule has 8 nitrogen and oxygen atoms in total. The quantitative estimate of drug-likeness (QED) is 0.424. The molecule has 1 saturated heterocycles. The summed E-state index contributed by atoms with van der Waals surface area (Å²) in [5.41, 5.74) is 3.83. The summed E-state index contributed by atoms with van der Waals surface area (Å²) in [6, 6.07) is 11.0. The van der Waals surface area contributed by atoms with Gasteiger partial charge in [-0.2, -0.15) is 4.31 Å². The molecule has 3 aromatic rings. The lowest BCUT2D eigenvalue weighted by molar-refractivity contribution is -0.120. The fourth-order valence-corrected chi connectivity index (χ4v) is 6.37. The number of anilines is 1. The van der Waals surface area contributed by atoms with E-state index in [0.29, 0.717) is 35.8 Å². The van der Waals surface area contributed by atoms with Gasteiger partial charge in [-0.3, -0.25) is 4.79 Å². The van der Waals surface area contributed by atoms with Crippen LogP contribution in [0.25, 0.3) is 12.2 Å². The van der Waals surface area contributed by atoms with Crippen molar-refractivity contribution in [2.24, 2.45) is 5.92 Å². The molecule has 37 heavy (non-hydrogen) atoms. The Bertz CT molecular complexity index is 1450. The topological polar surface area (TPSA) is 102 Å². The number of halogens is 1. The summed E-state index contributed by atoms with van der Waals surface area (Å²) >= 11 is 6.08. The Morgan fingerprint density at radius 1 is 1.19 bits per heavy atom. The van der Waals surface area contributed by atoms with E-state index < -0.39 is 15.9 Å². The molecule has 1 unspecified atom stereocenters. The van der Waals surface area contributed by atoms with Gasteiger partial charge < -0.3 is 14.6 Å². The van der Waals surface area contributed by atoms with Crippen molar-refractivity contribution in [2.75, 3.05) is 25.5 Å². The summed E-state index contributed by atoms with van der Waals surface area (Å²) in [4.78, 5) is 13.1. The normalized spacial score (nSPS) is 16.7. The van der Waals surface area contributed by atoms with Gasteiger partial charge >= 0.3 is 0 Å². The van der Waals surface area contributed by atoms with Crippen molar-refractivity contribution < 1.29 is 22.5 Å². The van der Waals surface area contributed by atoms with Gasteiger partial charge in [0.25, 0.3) is 0 Å². The van der Waals surface area contributed by atoms with E-state index in [1.807, 2.05) is 38.1 Å². The van der Waals surface area contributed by atoms with Crippen LogP contribution in [0.4, 0.5) is 5.69 Å². The summed E-state index contributed by atoms with van der Waals surface area (Å²) < 4.78 is 39.5. The molecule has 196 valence electrons. The van der Waals surface area contributed by atoms with Crippen molar-refractivity contribution >= 4 is 45.4 Å². The number of aryl methyl sites for hydroxylation is 3. The molecular weight excluding hydrogens is 514 g/mol. The molecule has 0 radical (unpaired) electrons. The maximum atomic E-state index is 13.7. The summed E-state index contributed by atoms with van der Waals surface area (Å²) in [5, 5.41) is 7.22. The first-order valence-electron chi connectivity index (χ1n) is 12.0. The van der Waals surface area contributed by atoms with Gasteiger partial charge in [-0.15, -0.1) is 0 Å². The van der Waals surface area contributed by atoms with Crippen LogP contribution in [-0.4, -0.2) is 44.0 Å². The number of piperidine rings is 1. The molecule has 1 N–H and O–H groups in total. The third kappa shape index (κ3) is 5.89. The summed E-state index contributed by atoms with van der Waals surface area (Å²) in [6.45, 7) is 5.93. The van der Waals surface area contributed by atoms with Crippen LogP contribution in [0.15, 0.2) is 45.8 Å². The second kappa shape index (κ2) is 11.1. The van der Waals surface area contributed by atoms with Gasteiger partial charge in [0.05, 0.1) is 18.7 Å². The lowest BCUT2D eigenvalue weighted by atomic mass is 9.98. The lowest BCUT2D eigenvalue weighted by Gasteiger charge is -2.31. The Morgan fingerprint density at radius 2 is 1.97 bits per heavy atom. The molecule has 1 atom stereocenters. The first kappa shape index (κ1) is 26.9. The number of sulfonamides is 1. The van der Waals surface area contributed by atoms with Crippen LogP contribution >= 0.6 is 11.6 Å². The molecule has 10 heteroatoms. The second-order valence-electron chi connectivity index (χ2n) is 9.19. The summed E-state index contributed by atoms with van der Waals surface area (Å²) in [7, 11) is -2.46. The number of hydrogen-bond donors (Lipinski definition) is 1. The van der Waals surface area contributed by atoms with Gasteiger partial charge in [-0.1, -0.05) is 46.6 Å². The third-order valence-electron chi connectivity index (χ3n) is 6.45. The monoisotopic (exact) mass is 543 g/mol. The highest BCUT2D eigenvalue weighted by Gasteiger charge is 2.37. The van der Waals surface area contributed by atoms with Crippen molar-refractivity contribution in [1.82, 2.24) is 9.46 Å². The minimum absolute atomic E-state index is 0.0200. The minimum atomic E-state index is -3.96. The van der Waals surface area contributed by atoms with E-state index in [1.54, 1.807) is 31.2 Å². The number of carbonyl (C=O) groups is 1. The first-order chi connectivity index (χ1) is 17.6. The highest BCUT2D eigenvalue weighted by molar-refractivity contribution is 7.89. The highest BCUT2D eigenvalue weighted by atomic mass is 35.5. The number of hydrogen-bond acceptors (Lipinski definition) is 6. The zero-order valence-corrected chi connectivity index (χ0v) is 22.8. The van der Waals surface area contributed by atoms with E-state index in [-0.39, 0.29) is 28.8 Å². The van der Waals surface area contributed by atoms with Crippen LogP contribution in [0.5, 0.6) is 5.75 Å². The number of rotatable bonds is 7. The molecule has 1 aromatic heterocycles. The third-order valence-corrected chi connectivity index (χ3v) is 8.71. The Hall–Kier alpha value is -3.14. The van der Waals surface area contributed by atoms with Gasteiger partial charge in [-0.25, -0.2) is 8.42 Å². The van der Waals surface area contributed by atoms with E-state index in [2.05, 4.69) is 10.5 Å². The molecule has 2 heterocycles. The molecule has 0 saturated carbocycles. The fraction of sp³-hybridized carbons (Fsp3) is 0.333. The van der Waals surface area contributed by atoms with Crippen molar-refractivity contribution in [2.45, 2.75) is 38.5 Å². The van der Waals surface area contributed by atoms with Crippen LogP contribution in [0, 0.1) is 26.7 Å². The van der Waals surface area contributed by atoms with E-state index in [4.69, 9.17) is 20.9 Å². The zero-order valence-electron chi connectivity index (χ0n) is 21.2. The largest absolute Gasteiger partial charge is 0.495 e. The molecule has 1 aliphatic heterocycles. The van der Waals surface area contributed by atoms with Gasteiger partial charge in [0.15, 0.2) is 10.7 Å². The fourth-order valence-electron chi connectivity index (χ4n) is 4.42. The predicted octanol–water partition coefficient (Wildman–Crippen LogP) is 5.47. The molecule has 1 fully saturated rings. The first-order valence-corrected chi connectivity index (χ1v) is 13.8. The van der Waals surface area contributed by atoms with Crippen molar-refractivity contribution in [3.63, 3.8) is 0 Å². The number of nitrogens with zero attached hydrogens (tertiary/aromatic N) is 2. The van der Waals surface area contributed by atoms with E-state index in [1.165, 1.54) is 11.4 Å². The smallest absolute Gasteiger partial charge is 0.248 e. The number of ether oxygens (including phenoxy) is 1. The molecule has 0 aliphatic carbocycles. The Balaban J connectivity index is 1.56. The predicted molar refractivity (Wildman–Crippen MR) is 144 cm³/mol. The van der Waals surface area contributed by atoms with Crippen LogP contribution in [0.3, 0.4) is 0 Å². The second-order valence-corrected chi connectivity index (χ2v) is 11.5. The van der Waals surface area contributed by atoms with Gasteiger partial charge in [0.1, 0.15) is 11.4 Å². The minimum Gasteiger partial charge on any atom is -0.495 e. The van der Waals surface area contributed by atoms with Crippen LogP contribution in [0.1, 0.15) is 41.0 Å². The van der Waals surface area contributed by atoms with Crippen molar-refractivity contribution in [3.05, 3.63) is 69.6 Å². The lowest BCUT2D eigenvalue weighted by Crippen LogP contribution is -2.43.